The van der Waals surface area contributed by atoms with E-state index in [9.17, 15) is 43.5 Å². The van der Waals surface area contributed by atoms with E-state index in [2.05, 4.69) is 11.8 Å². The standard InChI is InChI=1S/C12H6F8NO2PS2/c1-2-3-5-4-24-26(23,12(18,19)20)21(5)25(22)11-9(16)7(14)6(13)8(15)10(11)17/h5H,4H2,1H3. The van der Waals surface area contributed by atoms with E-state index in [4.69, 9.17) is 0 Å². The van der Waals surface area contributed by atoms with Crippen molar-refractivity contribution in [1.82, 2.24) is 3.71 Å². The van der Waals surface area contributed by atoms with Gasteiger partial charge < -0.3 is 0 Å². The first-order valence-electron chi connectivity index (χ1n) is 6.32. The number of hydrogen-bond donors (Lipinski definition) is 0. The van der Waals surface area contributed by atoms with Crippen LogP contribution in [0.25, 0.3) is 0 Å². The molecule has 3 atom stereocenters. The van der Waals surface area contributed by atoms with Crippen LogP contribution in [0.2, 0.25) is 0 Å². The average Bonchev–Trinajstić information content (AvgIpc) is 2.89. The predicted octanol–water partition coefficient (Wildman–Crippen LogP) is 3.69. The van der Waals surface area contributed by atoms with Crippen LogP contribution in [0.1, 0.15) is 6.92 Å². The lowest BCUT2D eigenvalue weighted by molar-refractivity contribution is -0.0417. The van der Waals surface area contributed by atoms with Crippen molar-refractivity contribution < 1.29 is 43.5 Å². The molecule has 0 radical (unpaired) electrons. The molecule has 0 fully saturated rings. The largest absolute Gasteiger partial charge is 0.481 e. The van der Waals surface area contributed by atoms with E-state index in [1.54, 1.807) is 0 Å². The Morgan fingerprint density at radius 3 is 1.96 bits per heavy atom. The monoisotopic (exact) mass is 443 g/mol. The zero-order valence-electron chi connectivity index (χ0n) is 12.3. The van der Waals surface area contributed by atoms with Crippen molar-refractivity contribution in [2.45, 2.75) is 23.4 Å². The molecule has 0 saturated heterocycles. The SMILES string of the molecule is CC#CC1CP=S(=O)(C(F)(F)F)N1S(=O)c1c(F)c(F)c(F)c(F)c1F. The fraction of sp³-hybridized carbons (Fsp3) is 0.333. The Morgan fingerprint density at radius 1 is 1.08 bits per heavy atom. The smallest absolute Gasteiger partial charge is 0.238 e. The van der Waals surface area contributed by atoms with E-state index >= 15 is 0 Å². The molecule has 0 amide bonds. The molecule has 144 valence electrons. The quantitative estimate of drug-likeness (QED) is 0.230. The number of benzene rings is 1. The molecule has 14 heteroatoms. The van der Waals surface area contributed by atoms with E-state index in [1.807, 2.05) is 0 Å². The van der Waals surface area contributed by atoms with E-state index in [0.717, 1.165) is 0 Å². The molecular weight excluding hydrogens is 437 g/mol. The van der Waals surface area contributed by atoms with Crippen molar-refractivity contribution in [2.24, 2.45) is 0 Å². The minimum Gasteiger partial charge on any atom is -0.238 e. The Morgan fingerprint density at radius 2 is 1.54 bits per heavy atom. The van der Waals surface area contributed by atoms with Gasteiger partial charge in [-0.05, 0) is 14.3 Å². The second-order valence-electron chi connectivity index (χ2n) is 4.60. The molecule has 0 saturated carbocycles. The molecule has 1 aliphatic rings. The summed E-state index contributed by atoms with van der Waals surface area (Å²) in [5.41, 5.74) is -5.47. The highest BCUT2D eigenvalue weighted by atomic mass is 32.5. The van der Waals surface area contributed by atoms with Crippen molar-refractivity contribution in [2.75, 3.05) is 6.16 Å². The topological polar surface area (TPSA) is 37.4 Å². The summed E-state index contributed by atoms with van der Waals surface area (Å²) < 4.78 is 131. The van der Waals surface area contributed by atoms with Gasteiger partial charge in [-0.2, -0.15) is 13.2 Å². The third kappa shape index (κ3) is 3.13. The van der Waals surface area contributed by atoms with Gasteiger partial charge in [0, 0.05) is 6.16 Å². The lowest BCUT2D eigenvalue weighted by Gasteiger charge is -2.25. The first-order chi connectivity index (χ1) is 11.9. The Labute approximate surface area is 145 Å². The maximum absolute atomic E-state index is 13.8. The molecule has 3 nitrogen and oxygen atoms in total. The molecule has 0 spiro atoms. The van der Waals surface area contributed by atoms with Crippen LogP contribution >= 0.6 is 7.36 Å². The highest BCUT2D eigenvalue weighted by Gasteiger charge is 2.54. The van der Waals surface area contributed by atoms with Crippen LogP contribution in [0.5, 0.6) is 0 Å². The summed E-state index contributed by atoms with van der Waals surface area (Å²) in [4.78, 5) is -2.02. The van der Waals surface area contributed by atoms with Crippen molar-refractivity contribution in [3.05, 3.63) is 29.1 Å². The van der Waals surface area contributed by atoms with Gasteiger partial charge in [-0.15, -0.1) is 9.63 Å². The Balaban J connectivity index is 2.76. The predicted molar refractivity (Wildman–Crippen MR) is 77.7 cm³/mol. The Kier molecular flexibility index (Phi) is 5.73. The minimum atomic E-state index is -5.47. The van der Waals surface area contributed by atoms with Crippen LogP contribution < -0.4 is 0 Å². The normalized spacial score (nSPS) is 25.3. The van der Waals surface area contributed by atoms with Crippen molar-refractivity contribution in [1.29, 1.82) is 0 Å². The van der Waals surface area contributed by atoms with Gasteiger partial charge in [0.1, 0.15) is 21.9 Å². The summed E-state index contributed by atoms with van der Waals surface area (Å²) in [5.74, 6) is -8.37. The maximum Gasteiger partial charge on any atom is 0.481 e. The lowest BCUT2D eigenvalue weighted by atomic mass is 10.3. The summed E-state index contributed by atoms with van der Waals surface area (Å²) in [5, 5.41) is 0. The van der Waals surface area contributed by atoms with E-state index in [0.29, 0.717) is 0 Å². The molecule has 0 N–H and O–H groups in total. The summed E-state index contributed by atoms with van der Waals surface area (Å²) >= 11 is 0. The van der Waals surface area contributed by atoms with Gasteiger partial charge in [0.25, 0.3) is 0 Å². The summed E-state index contributed by atoms with van der Waals surface area (Å²) in [6.45, 7) is 1.18. The molecule has 3 unspecified atom stereocenters. The second kappa shape index (κ2) is 7.07. The van der Waals surface area contributed by atoms with Crippen LogP contribution in [0.3, 0.4) is 0 Å². The van der Waals surface area contributed by atoms with Crippen molar-refractivity contribution in [3.63, 3.8) is 0 Å². The number of nitrogens with zero attached hydrogens (tertiary/aromatic N) is 1. The van der Waals surface area contributed by atoms with E-state index in [-0.39, 0.29) is 3.71 Å². The second-order valence-corrected chi connectivity index (χ2v) is 10.9. The van der Waals surface area contributed by atoms with Gasteiger partial charge in [0.15, 0.2) is 32.6 Å². The van der Waals surface area contributed by atoms with Gasteiger partial charge in [-0.3, -0.25) is 0 Å². The van der Waals surface area contributed by atoms with Gasteiger partial charge in [-0.1, -0.05) is 5.92 Å². The number of hydrogen-bond acceptors (Lipinski definition) is 2. The van der Waals surface area contributed by atoms with Crippen LogP contribution in [0.4, 0.5) is 35.1 Å². The molecule has 2 rings (SSSR count). The van der Waals surface area contributed by atoms with Gasteiger partial charge in [0.2, 0.25) is 5.82 Å². The highest BCUT2D eigenvalue weighted by Crippen LogP contribution is 2.43. The molecule has 1 aliphatic heterocycles. The lowest BCUT2D eigenvalue weighted by Crippen LogP contribution is -2.43. The van der Waals surface area contributed by atoms with E-state index < -0.39 is 79.3 Å². The van der Waals surface area contributed by atoms with Crippen LogP contribution in [-0.2, 0) is 20.3 Å². The Bertz CT molecular complexity index is 945. The zero-order chi connectivity index (χ0) is 20.0. The van der Waals surface area contributed by atoms with Crippen LogP contribution in [0.15, 0.2) is 4.90 Å². The molecule has 0 aromatic heterocycles. The molecule has 26 heavy (non-hydrogen) atoms. The summed E-state index contributed by atoms with van der Waals surface area (Å²) in [6, 6.07) is -1.63. The van der Waals surface area contributed by atoms with E-state index in [1.165, 1.54) is 6.92 Å². The Hall–Kier alpha value is -1.22. The summed E-state index contributed by atoms with van der Waals surface area (Å²) in [7, 11) is -9.59. The number of rotatable bonds is 2. The van der Waals surface area contributed by atoms with Crippen molar-refractivity contribution in [3.8, 4) is 11.8 Å². The number of halogens is 8. The third-order valence-corrected chi connectivity index (χ3v) is 10.5. The minimum absolute atomic E-state index is 0.330. The third-order valence-electron chi connectivity index (χ3n) is 3.04. The molecular formula is C12H6F8NO2PS2. The van der Waals surface area contributed by atoms with Gasteiger partial charge in [0.05, 0.1) is 0 Å². The highest BCUT2D eigenvalue weighted by molar-refractivity contribution is 8.28. The average molecular weight is 443 g/mol. The first-order valence-corrected chi connectivity index (χ1v) is 10.6. The molecule has 1 aromatic carbocycles. The molecule has 0 aliphatic carbocycles. The first kappa shape index (κ1) is 21.1. The molecule has 1 heterocycles. The van der Waals surface area contributed by atoms with Crippen LogP contribution in [-0.4, -0.2) is 29.8 Å². The summed E-state index contributed by atoms with van der Waals surface area (Å²) in [6.07, 6.45) is -0.555. The number of alkyl halides is 3. The molecule has 0 bridgehead atoms. The fourth-order valence-corrected chi connectivity index (χ4v) is 9.05. The van der Waals surface area contributed by atoms with Gasteiger partial charge >= 0.3 is 5.51 Å². The van der Waals surface area contributed by atoms with Gasteiger partial charge in [-0.25, -0.2) is 30.4 Å². The van der Waals surface area contributed by atoms with Crippen molar-refractivity contribution >= 4 is 27.6 Å². The molecule has 1 aromatic rings. The fourth-order valence-electron chi connectivity index (χ4n) is 1.94. The van der Waals surface area contributed by atoms with Crippen LogP contribution in [0, 0.1) is 40.9 Å². The zero-order valence-corrected chi connectivity index (χ0v) is 14.9. The maximum atomic E-state index is 13.8.